The highest BCUT2D eigenvalue weighted by Gasteiger charge is 2.54. The second kappa shape index (κ2) is 15.5. The van der Waals surface area contributed by atoms with Crippen LogP contribution < -0.4 is 10.6 Å². The Hall–Kier alpha value is -2.69. The first-order chi connectivity index (χ1) is 21.1. The van der Waals surface area contributed by atoms with Crippen LogP contribution in [0.2, 0.25) is 0 Å². The van der Waals surface area contributed by atoms with Crippen molar-refractivity contribution >= 4 is 17.9 Å². The maximum absolute atomic E-state index is 14.8. The summed E-state index contributed by atoms with van der Waals surface area (Å²) in [6.07, 6.45) is 4.95. The fourth-order valence-corrected chi connectivity index (χ4v) is 6.81. The van der Waals surface area contributed by atoms with Crippen molar-refractivity contribution in [3.63, 3.8) is 0 Å². The van der Waals surface area contributed by atoms with Crippen LogP contribution in [0.15, 0.2) is 30.3 Å². The molecule has 2 heterocycles. The summed E-state index contributed by atoms with van der Waals surface area (Å²) in [4.78, 5) is 48.8. The number of nitrogens with zero attached hydrogens (tertiary/aromatic N) is 3. The molecule has 2 saturated heterocycles. The first-order valence-electron chi connectivity index (χ1n) is 16.7. The largest absolute Gasteiger partial charge is 0.444 e. The zero-order chi connectivity index (χ0) is 31.6. The second-order valence-corrected chi connectivity index (χ2v) is 13.7. The van der Waals surface area contributed by atoms with Crippen molar-refractivity contribution in [1.29, 1.82) is 0 Å². The van der Waals surface area contributed by atoms with Crippen LogP contribution in [0, 0.1) is 0 Å². The molecular weight excluding hydrogens is 558 g/mol. The van der Waals surface area contributed by atoms with E-state index in [1.165, 1.54) is 5.56 Å². The molecule has 2 aliphatic heterocycles. The lowest BCUT2D eigenvalue weighted by atomic mass is 9.81. The van der Waals surface area contributed by atoms with Crippen LogP contribution in [0.4, 0.5) is 4.79 Å². The normalized spacial score (nSPS) is 20.5. The topological polar surface area (TPSA) is 103 Å². The first-order valence-corrected chi connectivity index (χ1v) is 16.7. The quantitative estimate of drug-likeness (QED) is 0.368. The van der Waals surface area contributed by atoms with Gasteiger partial charge in [-0.05, 0) is 58.4 Å². The predicted molar refractivity (Wildman–Crippen MR) is 171 cm³/mol. The molecule has 10 heteroatoms. The fraction of sp³-hybridized carbons (Fsp3) is 0.735. The Bertz CT molecular complexity index is 1070. The van der Waals surface area contributed by atoms with Gasteiger partial charge in [0.05, 0.1) is 13.2 Å². The van der Waals surface area contributed by atoms with Gasteiger partial charge in [-0.15, -0.1) is 0 Å². The molecule has 0 atom stereocenters. The van der Waals surface area contributed by atoms with Crippen molar-refractivity contribution in [3.05, 3.63) is 35.9 Å². The Labute approximate surface area is 264 Å². The lowest BCUT2D eigenvalue weighted by Crippen LogP contribution is -2.70. The molecule has 0 bridgehead atoms. The lowest BCUT2D eigenvalue weighted by molar-refractivity contribution is -0.156. The molecular formula is C34H55N5O5. The number of hydrogen-bond acceptors (Lipinski definition) is 7. The number of benzene rings is 1. The number of nitrogens with one attached hydrogen (secondary N) is 2. The number of piperidine rings is 1. The molecule has 3 amide bonds. The summed E-state index contributed by atoms with van der Waals surface area (Å²) in [5, 5.41) is 6.26. The fourth-order valence-electron chi connectivity index (χ4n) is 6.81. The minimum absolute atomic E-state index is 0.0833. The maximum atomic E-state index is 14.8. The van der Waals surface area contributed by atoms with Crippen LogP contribution >= 0.6 is 0 Å². The summed E-state index contributed by atoms with van der Waals surface area (Å²) in [5.74, 6) is -0.228. The summed E-state index contributed by atoms with van der Waals surface area (Å²) in [6.45, 7) is 14.7. The number of morpholine rings is 1. The van der Waals surface area contributed by atoms with Crippen LogP contribution in [0.3, 0.4) is 0 Å². The van der Waals surface area contributed by atoms with E-state index in [0.29, 0.717) is 65.1 Å². The number of carbonyl (C=O) groups is 3. The van der Waals surface area contributed by atoms with Crippen molar-refractivity contribution in [2.75, 3.05) is 59.0 Å². The van der Waals surface area contributed by atoms with Gasteiger partial charge in [-0.25, -0.2) is 4.79 Å². The van der Waals surface area contributed by atoms with Crippen LogP contribution in [0.5, 0.6) is 0 Å². The molecule has 1 saturated carbocycles. The summed E-state index contributed by atoms with van der Waals surface area (Å²) in [7, 11) is 0. The number of hydrogen-bond donors (Lipinski definition) is 2. The minimum Gasteiger partial charge on any atom is -0.444 e. The summed E-state index contributed by atoms with van der Waals surface area (Å²) in [6, 6.07) is 10.4. The van der Waals surface area contributed by atoms with Crippen molar-refractivity contribution in [1.82, 2.24) is 25.3 Å². The van der Waals surface area contributed by atoms with E-state index in [1.807, 2.05) is 31.7 Å². The summed E-state index contributed by atoms with van der Waals surface area (Å²) < 4.78 is 11.1. The molecule has 3 aliphatic rings. The van der Waals surface area contributed by atoms with Crippen molar-refractivity contribution in [2.45, 2.75) is 102 Å². The van der Waals surface area contributed by atoms with Gasteiger partial charge in [0.1, 0.15) is 16.7 Å². The van der Waals surface area contributed by atoms with Gasteiger partial charge in [-0.1, -0.05) is 56.5 Å². The Morgan fingerprint density at radius 2 is 1.61 bits per heavy atom. The smallest absolute Gasteiger partial charge is 0.408 e. The molecule has 1 aromatic rings. The SMILES string of the molecule is CCCCN(C(=O)C1(NC(=O)OC(C)(C)C)CCCC1)C1(C(=O)NCCN2CCOCC2)CCN(Cc2ccccc2)CC1. The maximum Gasteiger partial charge on any atom is 0.408 e. The standard InChI is InChI=1S/C34H55N5O5/c1-5-6-19-39(30(41)33(14-10-11-15-33)36-31(42)44-32(2,3)4)34(29(40)35-18-22-37-23-25-43-26-24-37)16-20-38(21-17-34)27-28-12-8-7-9-13-28/h7-9,12-13H,5-6,10-11,14-27H2,1-4H3,(H,35,40)(H,36,42). The molecule has 44 heavy (non-hydrogen) atoms. The highest BCUT2D eigenvalue weighted by molar-refractivity contribution is 5.96. The minimum atomic E-state index is -1.07. The number of alkyl carbamates (subject to hydrolysis) is 1. The van der Waals surface area contributed by atoms with E-state index in [1.54, 1.807) is 0 Å². The van der Waals surface area contributed by atoms with Gasteiger partial charge in [-0.3, -0.25) is 19.4 Å². The average Bonchev–Trinajstić information content (AvgIpc) is 3.47. The van der Waals surface area contributed by atoms with E-state index in [2.05, 4.69) is 51.6 Å². The molecule has 2 N–H and O–H groups in total. The molecule has 0 spiro atoms. The third-order valence-corrected chi connectivity index (χ3v) is 9.28. The molecule has 1 aromatic carbocycles. The molecule has 0 aromatic heterocycles. The molecule has 0 radical (unpaired) electrons. The number of unbranched alkanes of at least 4 members (excludes halogenated alkanes) is 1. The van der Waals surface area contributed by atoms with Crippen molar-refractivity contribution in [3.8, 4) is 0 Å². The van der Waals surface area contributed by atoms with Gasteiger partial charge in [-0.2, -0.15) is 0 Å². The number of carbonyl (C=O) groups excluding carboxylic acids is 3. The van der Waals surface area contributed by atoms with Gasteiger partial charge in [0.15, 0.2) is 0 Å². The highest BCUT2D eigenvalue weighted by atomic mass is 16.6. The Morgan fingerprint density at radius 1 is 0.955 bits per heavy atom. The van der Waals surface area contributed by atoms with E-state index in [9.17, 15) is 14.4 Å². The van der Waals surface area contributed by atoms with Crippen molar-refractivity contribution in [2.24, 2.45) is 0 Å². The van der Waals surface area contributed by atoms with Gasteiger partial charge < -0.3 is 25.0 Å². The third kappa shape index (κ3) is 8.95. The number of amides is 3. The van der Waals surface area contributed by atoms with Crippen molar-refractivity contribution < 1.29 is 23.9 Å². The second-order valence-electron chi connectivity index (χ2n) is 13.7. The first kappa shape index (κ1) is 34.2. The van der Waals surface area contributed by atoms with E-state index in [4.69, 9.17) is 9.47 Å². The Balaban J connectivity index is 1.58. The monoisotopic (exact) mass is 613 g/mol. The average molecular weight is 614 g/mol. The molecule has 0 unspecified atom stereocenters. The van der Waals surface area contributed by atoms with Crippen LogP contribution in [0.25, 0.3) is 0 Å². The summed E-state index contributed by atoms with van der Waals surface area (Å²) in [5.41, 5.74) is -1.50. The van der Waals surface area contributed by atoms with E-state index in [-0.39, 0.29) is 11.8 Å². The third-order valence-electron chi connectivity index (χ3n) is 9.28. The van der Waals surface area contributed by atoms with Crippen LogP contribution in [-0.2, 0) is 25.6 Å². The van der Waals surface area contributed by atoms with Gasteiger partial charge in [0.2, 0.25) is 11.8 Å². The summed E-state index contributed by atoms with van der Waals surface area (Å²) >= 11 is 0. The number of rotatable bonds is 12. The highest BCUT2D eigenvalue weighted by Crippen LogP contribution is 2.38. The predicted octanol–water partition coefficient (Wildman–Crippen LogP) is 3.94. The van der Waals surface area contributed by atoms with Crippen LogP contribution in [0.1, 0.15) is 84.6 Å². The van der Waals surface area contributed by atoms with E-state index in [0.717, 1.165) is 51.9 Å². The Kier molecular flexibility index (Phi) is 12.1. The van der Waals surface area contributed by atoms with E-state index >= 15 is 0 Å². The zero-order valence-electron chi connectivity index (χ0n) is 27.5. The Morgan fingerprint density at radius 3 is 2.23 bits per heavy atom. The number of likely N-dealkylation sites (tertiary alicyclic amines) is 1. The lowest BCUT2D eigenvalue weighted by Gasteiger charge is -2.50. The van der Waals surface area contributed by atoms with Gasteiger partial charge in [0, 0.05) is 52.4 Å². The zero-order valence-corrected chi connectivity index (χ0v) is 27.5. The molecule has 246 valence electrons. The van der Waals surface area contributed by atoms with Crippen LogP contribution in [-0.4, -0.2) is 108 Å². The molecule has 10 nitrogen and oxygen atoms in total. The van der Waals surface area contributed by atoms with Gasteiger partial charge in [0.25, 0.3) is 0 Å². The van der Waals surface area contributed by atoms with E-state index < -0.39 is 22.8 Å². The molecule has 3 fully saturated rings. The molecule has 4 rings (SSSR count). The van der Waals surface area contributed by atoms with Gasteiger partial charge >= 0.3 is 6.09 Å². The molecule has 1 aliphatic carbocycles. The number of ether oxygens (including phenoxy) is 2.